The predicted octanol–water partition coefficient (Wildman–Crippen LogP) is 7.16. The Morgan fingerprint density at radius 1 is 0.784 bits per heavy atom. The van der Waals surface area contributed by atoms with Crippen molar-refractivity contribution in [2.24, 2.45) is 0 Å². The van der Waals surface area contributed by atoms with Crippen LogP contribution in [0.25, 0.3) is 10.8 Å². The number of carbonyl (C=O) groups is 2. The molecule has 0 fully saturated rings. The van der Waals surface area contributed by atoms with Gasteiger partial charge in [-0.1, -0.05) is 84.9 Å². The minimum atomic E-state index is -0.319. The third-order valence-corrected chi connectivity index (χ3v) is 7.60. The van der Waals surface area contributed by atoms with E-state index in [2.05, 4.69) is 24.3 Å². The molecule has 2 aliphatic rings. The fourth-order valence-electron chi connectivity index (χ4n) is 6.00. The van der Waals surface area contributed by atoms with Gasteiger partial charge in [-0.15, -0.1) is 0 Å². The zero-order chi connectivity index (χ0) is 25.4. The van der Waals surface area contributed by atoms with Crippen LogP contribution in [0.15, 0.2) is 108 Å². The number of ether oxygens (including phenoxy) is 1. The lowest BCUT2D eigenvalue weighted by Gasteiger charge is -2.41. The molecule has 6 rings (SSSR count). The number of para-hydroxylation sites is 1. The zero-order valence-corrected chi connectivity index (χ0v) is 20.9. The van der Waals surface area contributed by atoms with E-state index >= 15 is 0 Å². The van der Waals surface area contributed by atoms with Crippen molar-refractivity contribution in [1.29, 1.82) is 0 Å². The van der Waals surface area contributed by atoms with E-state index in [9.17, 15) is 9.59 Å². The van der Waals surface area contributed by atoms with E-state index in [-0.39, 0.29) is 29.9 Å². The number of Topliss-reactive ketones (excluding diaryl/α,β-unsaturated/α-hetero) is 1. The monoisotopic (exact) mass is 487 g/mol. The predicted molar refractivity (Wildman–Crippen MR) is 147 cm³/mol. The molecule has 184 valence electrons. The van der Waals surface area contributed by atoms with Crippen molar-refractivity contribution < 1.29 is 14.3 Å². The third kappa shape index (κ3) is 4.13. The number of carbonyl (C=O) groups excluding carboxylic acids is 2. The molecule has 1 amide bonds. The topological polar surface area (TPSA) is 46.6 Å². The summed E-state index contributed by atoms with van der Waals surface area (Å²) in [7, 11) is 0. The second kappa shape index (κ2) is 9.70. The number of ketones is 1. The van der Waals surface area contributed by atoms with Crippen LogP contribution < -0.4 is 9.64 Å². The molecule has 1 heterocycles. The highest BCUT2D eigenvalue weighted by Gasteiger charge is 2.43. The van der Waals surface area contributed by atoms with Gasteiger partial charge in [-0.3, -0.25) is 14.5 Å². The first-order valence-corrected chi connectivity index (χ1v) is 13.0. The van der Waals surface area contributed by atoms with Gasteiger partial charge in [0.25, 0.3) is 0 Å². The largest absolute Gasteiger partial charge is 0.494 e. The van der Waals surface area contributed by atoms with Gasteiger partial charge in [-0.05, 0) is 42.3 Å². The highest BCUT2D eigenvalue weighted by Crippen LogP contribution is 2.49. The van der Waals surface area contributed by atoms with Crippen LogP contribution in [-0.4, -0.2) is 18.3 Å². The van der Waals surface area contributed by atoms with Crippen LogP contribution in [0.5, 0.6) is 5.75 Å². The number of benzene rings is 4. The van der Waals surface area contributed by atoms with Crippen molar-refractivity contribution in [2.75, 3.05) is 11.5 Å². The van der Waals surface area contributed by atoms with Crippen LogP contribution in [0, 0.1) is 0 Å². The average molecular weight is 488 g/mol. The van der Waals surface area contributed by atoms with E-state index in [4.69, 9.17) is 4.74 Å². The van der Waals surface area contributed by atoms with Crippen LogP contribution in [0.1, 0.15) is 49.1 Å². The molecular weight excluding hydrogens is 458 g/mol. The molecule has 0 spiro atoms. The first-order chi connectivity index (χ1) is 18.2. The molecule has 0 aromatic heterocycles. The van der Waals surface area contributed by atoms with Gasteiger partial charge in [-0.25, -0.2) is 0 Å². The summed E-state index contributed by atoms with van der Waals surface area (Å²) < 4.78 is 5.94. The number of hydrogen-bond acceptors (Lipinski definition) is 3. The Kier molecular flexibility index (Phi) is 6.09. The minimum Gasteiger partial charge on any atom is -0.494 e. The molecule has 0 bridgehead atoms. The lowest BCUT2D eigenvalue weighted by molar-refractivity contribution is -0.120. The molecule has 0 radical (unpaired) electrons. The molecule has 4 nitrogen and oxygen atoms in total. The number of amides is 1. The lowest BCUT2D eigenvalue weighted by atomic mass is 9.72. The SMILES string of the molecule is CCOc1ccccc1C1CC(=O)N(c2cccc3ccccc23)C2=C1C(=O)CC(c1ccccc1)C2. The maximum Gasteiger partial charge on any atom is 0.232 e. The van der Waals surface area contributed by atoms with Crippen LogP contribution >= 0.6 is 0 Å². The zero-order valence-electron chi connectivity index (χ0n) is 20.9. The van der Waals surface area contributed by atoms with Crippen molar-refractivity contribution in [2.45, 2.75) is 38.0 Å². The molecule has 4 aromatic rings. The van der Waals surface area contributed by atoms with Crippen LogP contribution in [-0.2, 0) is 9.59 Å². The molecule has 1 aliphatic heterocycles. The summed E-state index contributed by atoms with van der Waals surface area (Å²) >= 11 is 0. The van der Waals surface area contributed by atoms with Crippen LogP contribution in [0.3, 0.4) is 0 Å². The highest BCUT2D eigenvalue weighted by molar-refractivity contribution is 6.11. The Balaban J connectivity index is 1.55. The first kappa shape index (κ1) is 23.2. The van der Waals surface area contributed by atoms with Gasteiger partial charge in [0, 0.05) is 41.0 Å². The summed E-state index contributed by atoms with van der Waals surface area (Å²) in [5, 5.41) is 2.08. The van der Waals surface area contributed by atoms with E-state index in [0.717, 1.165) is 44.6 Å². The number of hydrogen-bond donors (Lipinski definition) is 0. The number of nitrogens with zero attached hydrogens (tertiary/aromatic N) is 1. The molecule has 2 unspecified atom stereocenters. The van der Waals surface area contributed by atoms with Gasteiger partial charge in [0.05, 0.1) is 12.3 Å². The Morgan fingerprint density at radius 3 is 2.35 bits per heavy atom. The van der Waals surface area contributed by atoms with E-state index in [1.54, 1.807) is 0 Å². The van der Waals surface area contributed by atoms with E-state index in [1.165, 1.54) is 0 Å². The quantitative estimate of drug-likeness (QED) is 0.300. The van der Waals surface area contributed by atoms with Crippen LogP contribution in [0.2, 0.25) is 0 Å². The van der Waals surface area contributed by atoms with E-state index in [0.29, 0.717) is 19.4 Å². The number of allylic oxidation sites excluding steroid dienone is 2. The van der Waals surface area contributed by atoms with Crippen molar-refractivity contribution >= 4 is 28.2 Å². The van der Waals surface area contributed by atoms with E-state index in [1.807, 2.05) is 84.6 Å². The third-order valence-electron chi connectivity index (χ3n) is 7.60. The average Bonchev–Trinajstić information content (AvgIpc) is 2.93. The Morgan fingerprint density at radius 2 is 1.51 bits per heavy atom. The Hall–Kier alpha value is -4.18. The summed E-state index contributed by atoms with van der Waals surface area (Å²) in [6.45, 7) is 2.47. The van der Waals surface area contributed by atoms with Gasteiger partial charge in [-0.2, -0.15) is 0 Å². The second-order valence-electron chi connectivity index (χ2n) is 9.75. The molecule has 0 N–H and O–H groups in total. The van der Waals surface area contributed by atoms with Gasteiger partial charge in [0.2, 0.25) is 5.91 Å². The lowest BCUT2D eigenvalue weighted by Crippen LogP contribution is -2.42. The normalized spacial score (nSPS) is 19.8. The van der Waals surface area contributed by atoms with Crippen molar-refractivity contribution in [3.63, 3.8) is 0 Å². The molecule has 1 aliphatic carbocycles. The summed E-state index contributed by atoms with van der Waals surface area (Å²) in [6.07, 6.45) is 1.30. The molecule has 0 saturated heterocycles. The maximum atomic E-state index is 14.0. The minimum absolute atomic E-state index is 0.00733. The smallest absolute Gasteiger partial charge is 0.232 e. The van der Waals surface area contributed by atoms with Gasteiger partial charge in [0.15, 0.2) is 5.78 Å². The van der Waals surface area contributed by atoms with Gasteiger partial charge >= 0.3 is 0 Å². The molecule has 2 atom stereocenters. The summed E-state index contributed by atoms with van der Waals surface area (Å²) in [5.41, 5.74) is 4.47. The van der Waals surface area contributed by atoms with Gasteiger partial charge in [0.1, 0.15) is 5.75 Å². The van der Waals surface area contributed by atoms with Crippen molar-refractivity contribution in [3.8, 4) is 5.75 Å². The summed E-state index contributed by atoms with van der Waals surface area (Å²) in [4.78, 5) is 29.8. The second-order valence-corrected chi connectivity index (χ2v) is 9.75. The summed E-state index contributed by atoms with van der Waals surface area (Å²) in [6, 6.07) is 32.2. The highest BCUT2D eigenvalue weighted by atomic mass is 16.5. The Labute approximate surface area is 217 Å². The van der Waals surface area contributed by atoms with Crippen molar-refractivity contribution in [3.05, 3.63) is 119 Å². The molecule has 4 aromatic carbocycles. The van der Waals surface area contributed by atoms with E-state index < -0.39 is 0 Å². The number of anilines is 1. The number of fused-ring (bicyclic) bond motifs is 1. The molecule has 37 heavy (non-hydrogen) atoms. The molecule has 0 saturated carbocycles. The standard InChI is InChI=1S/C33H29NO3/c1-2-37-31-18-9-8-16-26(31)27-21-32(36)34(28-17-10-14-23-13-6-7-15-25(23)28)29-19-24(20-30(35)33(27)29)22-11-4-3-5-12-22/h3-18,24,27H,2,19-21H2,1H3. The molecular formula is C33H29NO3. The maximum absolute atomic E-state index is 14.0. The fraction of sp³-hybridized carbons (Fsp3) is 0.212. The molecule has 4 heteroatoms. The fourth-order valence-corrected chi connectivity index (χ4v) is 6.00. The Bertz CT molecular complexity index is 1520. The first-order valence-electron chi connectivity index (χ1n) is 13.0. The van der Waals surface area contributed by atoms with Crippen molar-refractivity contribution in [1.82, 2.24) is 0 Å². The summed E-state index contributed by atoms with van der Waals surface area (Å²) in [5.74, 6) is 0.572. The van der Waals surface area contributed by atoms with Gasteiger partial charge < -0.3 is 4.74 Å². The number of rotatable bonds is 5. The van der Waals surface area contributed by atoms with Crippen LogP contribution in [0.4, 0.5) is 5.69 Å².